The number of nitrogens with one attached hydrogen (secondary N) is 1. The molecule has 38 heavy (non-hydrogen) atoms. The van der Waals surface area contributed by atoms with E-state index in [1.54, 1.807) is 7.11 Å². The summed E-state index contributed by atoms with van der Waals surface area (Å²) in [5.41, 5.74) is 7.61. The minimum absolute atomic E-state index is 0.0523. The predicted octanol–water partition coefficient (Wildman–Crippen LogP) is 4.87. The normalized spacial score (nSPS) is 15.4. The summed E-state index contributed by atoms with van der Waals surface area (Å²) in [5, 5.41) is 3.89. The van der Waals surface area contributed by atoms with Crippen molar-refractivity contribution in [2.24, 2.45) is 0 Å². The summed E-state index contributed by atoms with van der Waals surface area (Å²) in [7, 11) is -2.62. The van der Waals surface area contributed by atoms with Crippen LogP contribution < -0.4 is 9.46 Å². The lowest BCUT2D eigenvalue weighted by Gasteiger charge is -2.22. The lowest BCUT2D eigenvalue weighted by atomic mass is 9.83. The fourth-order valence-corrected chi connectivity index (χ4v) is 5.70. The van der Waals surface area contributed by atoms with E-state index in [1.807, 2.05) is 0 Å². The molecule has 0 saturated heterocycles. The second-order valence-electron chi connectivity index (χ2n) is 10.6. The second-order valence-corrected chi connectivity index (χ2v) is 12.2. The molecule has 1 aromatic heterocycles. The van der Waals surface area contributed by atoms with Crippen LogP contribution in [-0.4, -0.2) is 43.9 Å². The Morgan fingerprint density at radius 1 is 1.05 bits per heavy atom. The van der Waals surface area contributed by atoms with E-state index in [0.29, 0.717) is 19.0 Å². The first-order valence-corrected chi connectivity index (χ1v) is 14.4. The van der Waals surface area contributed by atoms with Gasteiger partial charge in [0.1, 0.15) is 12.7 Å². The van der Waals surface area contributed by atoms with E-state index in [9.17, 15) is 13.2 Å². The molecule has 204 valence electrons. The number of hydrogen-bond acceptors (Lipinski definition) is 6. The molecule has 0 saturated carbocycles. The maximum absolute atomic E-state index is 13.2. The Morgan fingerprint density at radius 3 is 2.29 bits per heavy atom. The number of carbonyl (C=O) groups is 1. The molecule has 1 aliphatic heterocycles. The van der Waals surface area contributed by atoms with Crippen molar-refractivity contribution >= 4 is 15.9 Å². The van der Waals surface area contributed by atoms with Gasteiger partial charge in [0.2, 0.25) is 16.8 Å². The van der Waals surface area contributed by atoms with Crippen LogP contribution in [0.3, 0.4) is 0 Å². The summed E-state index contributed by atoms with van der Waals surface area (Å²) in [4.78, 5) is 13.2. The number of benzene rings is 2. The molecule has 8 nitrogen and oxygen atoms in total. The van der Waals surface area contributed by atoms with Crippen molar-refractivity contribution in [3.05, 3.63) is 64.2 Å². The van der Waals surface area contributed by atoms with Gasteiger partial charge in [-0.3, -0.25) is 4.79 Å². The van der Waals surface area contributed by atoms with Gasteiger partial charge < -0.3 is 9.47 Å². The smallest absolute Gasteiger partial charge is 0.283 e. The zero-order chi connectivity index (χ0) is 27.8. The summed E-state index contributed by atoms with van der Waals surface area (Å²) in [5.74, 6) is 0.0138. The first-order valence-electron chi connectivity index (χ1n) is 12.9. The first-order chi connectivity index (χ1) is 17.9. The first kappa shape index (κ1) is 27.9. The molecule has 1 amide bonds. The van der Waals surface area contributed by atoms with Crippen LogP contribution in [0, 0.1) is 13.8 Å². The number of methoxy groups -OCH3 is 1. The molecule has 4 rings (SSSR count). The van der Waals surface area contributed by atoms with Gasteiger partial charge in [-0.2, -0.15) is 13.5 Å². The van der Waals surface area contributed by atoms with Crippen LogP contribution >= 0.6 is 0 Å². The zero-order valence-corrected chi connectivity index (χ0v) is 24.0. The number of carbonyl (C=O) groups excluding carboxylic acids is 1. The van der Waals surface area contributed by atoms with Crippen LogP contribution in [0.2, 0.25) is 0 Å². The van der Waals surface area contributed by atoms with E-state index < -0.39 is 15.9 Å². The highest BCUT2D eigenvalue weighted by Crippen LogP contribution is 2.34. The third-order valence-corrected chi connectivity index (χ3v) is 8.36. The molecule has 1 N–H and O–H groups in total. The van der Waals surface area contributed by atoms with Crippen LogP contribution in [0.1, 0.15) is 67.3 Å². The van der Waals surface area contributed by atoms with Gasteiger partial charge in [-0.05, 0) is 64.6 Å². The summed E-state index contributed by atoms with van der Waals surface area (Å²) in [6, 6.07) is 12.0. The lowest BCUT2D eigenvalue weighted by molar-refractivity contribution is -0.118. The van der Waals surface area contributed by atoms with Gasteiger partial charge in [0.15, 0.2) is 0 Å². The second kappa shape index (κ2) is 10.9. The number of aryl methyl sites for hydroxylation is 2. The number of sulfonamides is 1. The van der Waals surface area contributed by atoms with Gasteiger partial charge >= 0.3 is 0 Å². The van der Waals surface area contributed by atoms with Gasteiger partial charge in [0, 0.05) is 13.2 Å². The molecule has 0 fully saturated rings. The summed E-state index contributed by atoms with van der Waals surface area (Å²) in [6.45, 7) is 13.2. The molecular formula is C29H37N3O5S. The fraction of sp³-hybridized carbons (Fsp3) is 0.448. The number of fused-ring (bicyclic) bond motifs is 1. The number of amides is 1. The number of aromatic nitrogens is 2. The van der Waals surface area contributed by atoms with Crippen molar-refractivity contribution < 1.29 is 22.7 Å². The van der Waals surface area contributed by atoms with Crippen molar-refractivity contribution in [2.75, 3.05) is 13.7 Å². The molecule has 1 aliphatic rings. The van der Waals surface area contributed by atoms with E-state index in [1.165, 1.54) is 21.9 Å². The molecule has 0 spiro atoms. The predicted molar refractivity (Wildman–Crippen MR) is 147 cm³/mol. The SMILES string of the molecule is COC1COc2cc(S(=O)(=O)NC(=O)Cc3c(C(C)C)cc(-c4ccc(C)c(C)c4)cc3C(C)C)nn2C1. The van der Waals surface area contributed by atoms with E-state index in [0.717, 1.165) is 27.8 Å². The number of hydrogen-bond donors (Lipinski definition) is 1. The zero-order valence-electron chi connectivity index (χ0n) is 23.2. The average Bonchev–Trinajstić information content (AvgIpc) is 3.29. The molecule has 2 heterocycles. The van der Waals surface area contributed by atoms with Crippen LogP contribution in [-0.2, 0) is 32.5 Å². The Bertz CT molecular complexity index is 1430. The van der Waals surface area contributed by atoms with Gasteiger partial charge in [-0.1, -0.05) is 58.0 Å². The Morgan fingerprint density at radius 2 is 1.71 bits per heavy atom. The highest BCUT2D eigenvalue weighted by atomic mass is 32.2. The van der Waals surface area contributed by atoms with Gasteiger partial charge in [0.25, 0.3) is 10.0 Å². The van der Waals surface area contributed by atoms with Crippen molar-refractivity contribution in [1.82, 2.24) is 14.5 Å². The van der Waals surface area contributed by atoms with E-state index in [4.69, 9.17) is 9.47 Å². The minimum Gasteiger partial charge on any atom is -0.475 e. The Labute approximate surface area is 225 Å². The maximum Gasteiger partial charge on any atom is 0.283 e. The van der Waals surface area contributed by atoms with Crippen LogP contribution in [0.25, 0.3) is 11.1 Å². The highest BCUT2D eigenvalue weighted by Gasteiger charge is 2.28. The van der Waals surface area contributed by atoms with Crippen LogP contribution in [0.5, 0.6) is 5.88 Å². The lowest BCUT2D eigenvalue weighted by Crippen LogP contribution is -2.33. The molecule has 9 heteroatoms. The topological polar surface area (TPSA) is 99.5 Å². The van der Waals surface area contributed by atoms with E-state index >= 15 is 0 Å². The third kappa shape index (κ3) is 5.78. The number of ether oxygens (including phenoxy) is 2. The average molecular weight is 540 g/mol. The quantitative estimate of drug-likeness (QED) is 0.439. The summed E-state index contributed by atoms with van der Waals surface area (Å²) < 4.78 is 40.6. The fourth-order valence-electron chi connectivity index (χ4n) is 4.76. The molecule has 3 aromatic rings. The number of nitrogens with zero attached hydrogens (tertiary/aromatic N) is 2. The molecule has 0 radical (unpaired) electrons. The van der Waals surface area contributed by atoms with Crippen LogP contribution in [0.15, 0.2) is 41.4 Å². The van der Waals surface area contributed by atoms with Crippen molar-refractivity contribution in [1.29, 1.82) is 0 Å². The molecular weight excluding hydrogens is 502 g/mol. The maximum atomic E-state index is 13.2. The van der Waals surface area contributed by atoms with Crippen molar-refractivity contribution in [3.8, 4) is 17.0 Å². The molecule has 1 atom stereocenters. The van der Waals surface area contributed by atoms with Gasteiger partial charge in [0.05, 0.1) is 13.0 Å². The third-order valence-electron chi connectivity index (χ3n) is 7.11. The summed E-state index contributed by atoms with van der Waals surface area (Å²) >= 11 is 0. The highest BCUT2D eigenvalue weighted by molar-refractivity contribution is 7.90. The molecule has 2 aromatic carbocycles. The summed E-state index contributed by atoms with van der Waals surface area (Å²) in [6.07, 6.45) is -0.272. The largest absolute Gasteiger partial charge is 0.475 e. The minimum atomic E-state index is -4.18. The van der Waals surface area contributed by atoms with Gasteiger partial charge in [-0.15, -0.1) is 0 Å². The molecule has 1 unspecified atom stereocenters. The Balaban J connectivity index is 1.63. The Kier molecular flexibility index (Phi) is 7.99. The van der Waals surface area contributed by atoms with Crippen molar-refractivity contribution in [3.63, 3.8) is 0 Å². The van der Waals surface area contributed by atoms with Gasteiger partial charge in [-0.25, -0.2) is 9.40 Å². The van der Waals surface area contributed by atoms with Crippen LogP contribution in [0.4, 0.5) is 0 Å². The van der Waals surface area contributed by atoms with E-state index in [-0.39, 0.29) is 29.4 Å². The standard InChI is InChI=1S/C29H37N3O5S/c1-17(2)24-11-22(21-9-8-19(5)20(6)10-21)12-25(18(3)4)26(24)13-27(33)31-38(34,35)28-14-29-32(30-28)15-23(36-7)16-37-29/h8-12,14,17-18,23H,13,15-16H2,1-7H3,(H,31,33). The Hall–Kier alpha value is -3.17. The van der Waals surface area contributed by atoms with Crippen molar-refractivity contribution in [2.45, 2.75) is 77.5 Å². The van der Waals surface area contributed by atoms with E-state index in [2.05, 4.69) is 81.7 Å². The number of rotatable bonds is 8. The monoisotopic (exact) mass is 539 g/mol. The molecule has 0 bridgehead atoms. The molecule has 0 aliphatic carbocycles.